The van der Waals surface area contributed by atoms with E-state index in [0.717, 1.165) is 0 Å². The van der Waals surface area contributed by atoms with Gasteiger partial charge in [-0.25, -0.2) is 4.79 Å². The fraction of sp³-hybridized carbons (Fsp3) is 0.417. The molecule has 0 saturated carbocycles. The Kier molecular flexibility index (Phi) is 10.9. The largest absolute Gasteiger partial charge is 0.493 e. The molecule has 0 bridgehead atoms. The Morgan fingerprint density at radius 3 is 2.37 bits per heavy atom. The molecule has 0 unspecified atom stereocenters. The van der Waals surface area contributed by atoms with Crippen molar-refractivity contribution in [3.05, 3.63) is 23.8 Å². The Bertz CT molecular complexity index is 386. The molecule has 0 aliphatic heterocycles. The van der Waals surface area contributed by atoms with Gasteiger partial charge < -0.3 is 25.0 Å². The van der Waals surface area contributed by atoms with Gasteiger partial charge in [0.1, 0.15) is 6.61 Å². The van der Waals surface area contributed by atoms with E-state index in [0.29, 0.717) is 30.2 Å². The highest BCUT2D eigenvalue weighted by atomic mass is 35.5. The highest BCUT2D eigenvalue weighted by Crippen LogP contribution is 2.27. The van der Waals surface area contributed by atoms with Gasteiger partial charge in [0.15, 0.2) is 11.5 Å². The second-order valence-corrected chi connectivity index (χ2v) is 3.31. The zero-order valence-corrected chi connectivity index (χ0v) is 12.0. The van der Waals surface area contributed by atoms with Crippen LogP contribution in [0.25, 0.3) is 0 Å². The van der Waals surface area contributed by atoms with Crippen LogP contribution < -0.4 is 14.8 Å². The van der Waals surface area contributed by atoms with Gasteiger partial charge in [0.2, 0.25) is 0 Å². The Labute approximate surface area is 118 Å². The summed E-state index contributed by atoms with van der Waals surface area (Å²) >= 11 is 0. The first-order chi connectivity index (χ1) is 8.22. The molecule has 6 nitrogen and oxygen atoms in total. The maximum atomic E-state index is 11.6. The van der Waals surface area contributed by atoms with Gasteiger partial charge >= 0.3 is 5.97 Å². The summed E-state index contributed by atoms with van der Waals surface area (Å²) in [4.78, 5) is 11.6. The molecular formula is C12H20ClNO5. The van der Waals surface area contributed by atoms with Crippen LogP contribution >= 0.6 is 12.4 Å². The van der Waals surface area contributed by atoms with Crippen LogP contribution in [0.1, 0.15) is 10.4 Å². The molecule has 7 heteroatoms. The molecule has 0 radical (unpaired) electrons. The van der Waals surface area contributed by atoms with Crippen LogP contribution in [-0.4, -0.2) is 45.9 Å². The average Bonchev–Trinajstić information content (AvgIpc) is 2.38. The zero-order chi connectivity index (χ0) is 12.7. The summed E-state index contributed by atoms with van der Waals surface area (Å²) in [5, 5.41) is 2.89. The fourth-order valence-corrected chi connectivity index (χ4v) is 1.29. The highest BCUT2D eigenvalue weighted by Gasteiger charge is 2.11. The number of esters is 1. The Morgan fingerprint density at radius 2 is 1.84 bits per heavy atom. The molecule has 1 aromatic carbocycles. The van der Waals surface area contributed by atoms with E-state index in [1.807, 2.05) is 0 Å². The number of hydrogen-bond donors (Lipinski definition) is 1. The van der Waals surface area contributed by atoms with Gasteiger partial charge in [-0.2, -0.15) is 0 Å². The molecule has 0 fully saturated rings. The average molecular weight is 294 g/mol. The molecule has 0 spiro atoms. The van der Waals surface area contributed by atoms with E-state index in [1.165, 1.54) is 7.11 Å². The number of likely N-dealkylation sites (N-methyl/N-ethyl adjacent to an activating group) is 1. The number of ether oxygens (including phenoxy) is 3. The van der Waals surface area contributed by atoms with E-state index in [9.17, 15) is 4.79 Å². The van der Waals surface area contributed by atoms with Crippen molar-refractivity contribution in [2.24, 2.45) is 0 Å². The summed E-state index contributed by atoms with van der Waals surface area (Å²) in [5.41, 5.74) is 0.443. The topological polar surface area (TPSA) is 88.3 Å². The first kappa shape index (κ1) is 19.8. The van der Waals surface area contributed by atoms with Gasteiger partial charge in [-0.1, -0.05) is 0 Å². The minimum atomic E-state index is -0.374. The lowest BCUT2D eigenvalue weighted by atomic mass is 10.2. The molecular weight excluding hydrogens is 274 g/mol. The maximum Gasteiger partial charge on any atom is 0.338 e. The number of rotatable bonds is 6. The predicted molar refractivity (Wildman–Crippen MR) is 74.6 cm³/mol. The number of benzene rings is 1. The first-order valence-electron chi connectivity index (χ1n) is 5.26. The smallest absolute Gasteiger partial charge is 0.338 e. The van der Waals surface area contributed by atoms with Crippen LogP contribution in [0.5, 0.6) is 11.5 Å². The van der Waals surface area contributed by atoms with Gasteiger partial charge in [0, 0.05) is 6.54 Å². The van der Waals surface area contributed by atoms with Gasteiger partial charge in [-0.05, 0) is 25.2 Å². The molecule has 3 N–H and O–H groups in total. The molecule has 19 heavy (non-hydrogen) atoms. The molecule has 0 heterocycles. The van der Waals surface area contributed by atoms with Crippen molar-refractivity contribution in [2.45, 2.75) is 0 Å². The third-order valence-electron chi connectivity index (χ3n) is 2.20. The minimum absolute atomic E-state index is 0. The monoisotopic (exact) mass is 293 g/mol. The van der Waals surface area contributed by atoms with E-state index in [-0.39, 0.29) is 23.9 Å². The van der Waals surface area contributed by atoms with E-state index in [1.54, 1.807) is 32.4 Å². The first-order valence-corrected chi connectivity index (χ1v) is 5.26. The van der Waals surface area contributed by atoms with Crippen molar-refractivity contribution < 1.29 is 24.5 Å². The van der Waals surface area contributed by atoms with Gasteiger partial charge in [-0.15, -0.1) is 12.4 Å². The number of hydrogen-bond acceptors (Lipinski definition) is 5. The zero-order valence-electron chi connectivity index (χ0n) is 11.2. The van der Waals surface area contributed by atoms with Crippen LogP contribution in [0, 0.1) is 0 Å². The quantitative estimate of drug-likeness (QED) is 0.615. The minimum Gasteiger partial charge on any atom is -0.493 e. The molecule has 0 atom stereocenters. The van der Waals surface area contributed by atoms with Crippen molar-refractivity contribution in [2.75, 3.05) is 34.4 Å². The molecule has 1 rings (SSSR count). The van der Waals surface area contributed by atoms with E-state index in [4.69, 9.17) is 14.2 Å². The lowest BCUT2D eigenvalue weighted by Gasteiger charge is -2.09. The van der Waals surface area contributed by atoms with E-state index in [2.05, 4.69) is 5.32 Å². The summed E-state index contributed by atoms with van der Waals surface area (Å²) in [6, 6.07) is 4.91. The fourth-order valence-electron chi connectivity index (χ4n) is 1.29. The van der Waals surface area contributed by atoms with Crippen molar-refractivity contribution >= 4 is 18.4 Å². The molecule has 0 aromatic heterocycles. The second-order valence-electron chi connectivity index (χ2n) is 3.31. The van der Waals surface area contributed by atoms with E-state index < -0.39 is 0 Å². The third-order valence-corrected chi connectivity index (χ3v) is 2.20. The summed E-state index contributed by atoms with van der Waals surface area (Å²) in [6.07, 6.45) is 0. The maximum absolute atomic E-state index is 11.6. The van der Waals surface area contributed by atoms with Crippen LogP contribution in [0.4, 0.5) is 0 Å². The van der Waals surface area contributed by atoms with Crippen LogP contribution in [-0.2, 0) is 4.74 Å². The molecule has 0 amide bonds. The van der Waals surface area contributed by atoms with Crippen LogP contribution in [0.15, 0.2) is 18.2 Å². The van der Waals surface area contributed by atoms with Crippen LogP contribution in [0.3, 0.4) is 0 Å². The van der Waals surface area contributed by atoms with Crippen molar-refractivity contribution in [3.63, 3.8) is 0 Å². The molecule has 0 aliphatic rings. The Morgan fingerprint density at radius 1 is 1.21 bits per heavy atom. The normalized spacial score (nSPS) is 8.79. The number of nitrogens with one attached hydrogen (secondary N) is 1. The summed E-state index contributed by atoms with van der Waals surface area (Å²) < 4.78 is 15.2. The van der Waals surface area contributed by atoms with Crippen molar-refractivity contribution in [1.82, 2.24) is 5.32 Å². The summed E-state index contributed by atoms with van der Waals surface area (Å²) in [7, 11) is 4.86. The number of methoxy groups -OCH3 is 2. The van der Waals surface area contributed by atoms with Gasteiger partial charge in [0.05, 0.1) is 19.8 Å². The number of halogens is 1. The lowest BCUT2D eigenvalue weighted by molar-refractivity contribution is 0.0510. The third kappa shape index (κ3) is 5.78. The van der Waals surface area contributed by atoms with Gasteiger partial charge in [-0.3, -0.25) is 0 Å². The highest BCUT2D eigenvalue weighted by molar-refractivity contribution is 5.90. The molecule has 1 aromatic rings. The second kappa shape index (κ2) is 10.4. The van der Waals surface area contributed by atoms with E-state index >= 15 is 0 Å². The Balaban J connectivity index is 0. The molecule has 0 saturated heterocycles. The summed E-state index contributed by atoms with van der Waals surface area (Å²) in [5.74, 6) is 0.719. The number of carbonyl (C=O) groups is 1. The molecule has 0 aliphatic carbocycles. The predicted octanol–water partition coefficient (Wildman–Crippen LogP) is 0.677. The van der Waals surface area contributed by atoms with Crippen molar-refractivity contribution in [3.8, 4) is 11.5 Å². The lowest BCUT2D eigenvalue weighted by Crippen LogP contribution is -2.17. The Hall–Kier alpha value is -1.50. The SMILES string of the molecule is CNCCOC(=O)c1ccc(OC)c(OC)c1.Cl.O. The standard InChI is InChI=1S/C12H17NO4.ClH.H2O/c1-13-6-7-17-12(14)9-4-5-10(15-2)11(8-9)16-3;;/h4-5,8,13H,6-7H2,1-3H3;1H;1H2. The van der Waals surface area contributed by atoms with Gasteiger partial charge in [0.25, 0.3) is 0 Å². The number of carbonyl (C=O) groups excluding carboxylic acids is 1. The molecule has 110 valence electrons. The van der Waals surface area contributed by atoms with Crippen molar-refractivity contribution in [1.29, 1.82) is 0 Å². The summed E-state index contributed by atoms with van der Waals surface area (Å²) in [6.45, 7) is 0.961. The van der Waals surface area contributed by atoms with Crippen LogP contribution in [0.2, 0.25) is 0 Å².